The number of aromatic nitrogens is 2. The van der Waals surface area contributed by atoms with Crippen LogP contribution in [0.2, 0.25) is 0 Å². The minimum atomic E-state index is -3.04. The van der Waals surface area contributed by atoms with Crippen molar-refractivity contribution in [3.63, 3.8) is 0 Å². The van der Waals surface area contributed by atoms with Gasteiger partial charge in [-0.15, -0.1) is 0 Å². The van der Waals surface area contributed by atoms with Gasteiger partial charge in [0.05, 0.1) is 23.2 Å². The largest absolute Gasteiger partial charge is 0.367 e. The Morgan fingerprint density at radius 3 is 2.45 bits per heavy atom. The maximum atomic E-state index is 13.3. The van der Waals surface area contributed by atoms with E-state index in [0.29, 0.717) is 5.69 Å². The highest BCUT2D eigenvalue weighted by Gasteiger charge is 2.29. The Hall–Kier alpha value is -1.22. The molecule has 0 unspecified atom stereocenters. The number of rotatable bonds is 3. The van der Waals surface area contributed by atoms with Crippen molar-refractivity contribution in [3.05, 3.63) is 11.9 Å². The predicted octanol–water partition coefficient (Wildman–Crippen LogP) is 0.980. The molecule has 3 rings (SSSR count). The molecule has 2 aliphatic heterocycles. The second kappa shape index (κ2) is 6.11. The van der Waals surface area contributed by atoms with E-state index in [2.05, 4.69) is 10.4 Å². The fraction of sp³-hybridized carbons (Fsp3) is 0.769. The molecule has 6 nitrogen and oxygen atoms in total. The average molecular weight is 334 g/mol. The zero-order valence-corrected chi connectivity index (χ0v) is 13.0. The molecular weight excluding hydrogens is 314 g/mol. The molecule has 2 aliphatic rings. The van der Waals surface area contributed by atoms with Crippen molar-refractivity contribution in [2.24, 2.45) is 0 Å². The first kappa shape index (κ1) is 15.7. The molecule has 0 atom stereocenters. The summed E-state index contributed by atoms with van der Waals surface area (Å²) in [6.07, 6.45) is 0.725. The Balaban J connectivity index is 1.84. The van der Waals surface area contributed by atoms with Crippen LogP contribution in [0, 0.1) is 0 Å². The van der Waals surface area contributed by atoms with Crippen molar-refractivity contribution in [1.82, 2.24) is 15.1 Å². The third kappa shape index (κ3) is 3.24. The lowest BCUT2D eigenvalue weighted by Crippen LogP contribution is -2.40. The van der Waals surface area contributed by atoms with Crippen molar-refractivity contribution in [2.45, 2.75) is 25.3 Å². The molecule has 0 aliphatic carbocycles. The van der Waals surface area contributed by atoms with Crippen molar-refractivity contribution < 1.29 is 17.2 Å². The lowest BCUT2D eigenvalue weighted by molar-refractivity contribution is 0.144. The summed E-state index contributed by atoms with van der Waals surface area (Å²) in [5, 5.41) is 7.33. The summed E-state index contributed by atoms with van der Waals surface area (Å²) in [5.41, 5.74) is 0.140. The first-order valence-corrected chi connectivity index (χ1v) is 9.32. The van der Waals surface area contributed by atoms with Crippen molar-refractivity contribution in [3.8, 4) is 0 Å². The van der Waals surface area contributed by atoms with Gasteiger partial charge >= 0.3 is 0 Å². The Morgan fingerprint density at radius 2 is 1.86 bits per heavy atom. The van der Waals surface area contributed by atoms with Crippen LogP contribution in [0.15, 0.2) is 6.20 Å². The number of sulfone groups is 1. The molecule has 22 heavy (non-hydrogen) atoms. The van der Waals surface area contributed by atoms with E-state index >= 15 is 0 Å². The van der Waals surface area contributed by atoms with Gasteiger partial charge in [-0.2, -0.15) is 5.10 Å². The molecule has 0 bridgehead atoms. The lowest BCUT2D eigenvalue weighted by atomic mass is 10.1. The minimum absolute atomic E-state index is 0.00814. The van der Waals surface area contributed by atoms with Gasteiger partial charge in [-0.25, -0.2) is 17.2 Å². The molecule has 9 heteroatoms. The molecule has 2 saturated heterocycles. The molecule has 1 aromatic heterocycles. The van der Waals surface area contributed by atoms with E-state index in [4.69, 9.17) is 0 Å². The summed E-state index contributed by atoms with van der Waals surface area (Å²) in [5.74, 6) is 0.0163. The number of hydrogen-bond acceptors (Lipinski definition) is 5. The quantitative estimate of drug-likeness (QED) is 0.892. The van der Waals surface area contributed by atoms with E-state index in [9.17, 15) is 17.2 Å². The third-order valence-corrected chi connectivity index (χ3v) is 5.92. The van der Waals surface area contributed by atoms with Crippen LogP contribution in [0.25, 0.3) is 0 Å². The average Bonchev–Trinajstić information content (AvgIpc) is 2.93. The van der Waals surface area contributed by atoms with E-state index in [-0.39, 0.29) is 36.3 Å². The monoisotopic (exact) mass is 334 g/mol. The molecule has 0 saturated carbocycles. The summed E-state index contributed by atoms with van der Waals surface area (Å²) >= 11 is 0. The first-order valence-electron chi connectivity index (χ1n) is 7.49. The smallest absolute Gasteiger partial charge is 0.284 e. The number of nitrogens with zero attached hydrogens (tertiary/aromatic N) is 3. The lowest BCUT2D eigenvalue weighted by Gasteiger charge is -2.28. The molecule has 0 spiro atoms. The number of anilines is 1. The third-order valence-electron chi connectivity index (χ3n) is 4.31. The zero-order valence-electron chi connectivity index (χ0n) is 12.2. The fourth-order valence-electron chi connectivity index (χ4n) is 3.01. The van der Waals surface area contributed by atoms with E-state index in [1.54, 1.807) is 15.8 Å². The zero-order chi connectivity index (χ0) is 15.7. The molecule has 0 radical (unpaired) electrons. The van der Waals surface area contributed by atoms with Gasteiger partial charge in [0.2, 0.25) is 0 Å². The van der Waals surface area contributed by atoms with Crippen LogP contribution in [0.3, 0.4) is 0 Å². The summed E-state index contributed by atoms with van der Waals surface area (Å²) in [4.78, 5) is 1.72. The van der Waals surface area contributed by atoms with Crippen molar-refractivity contribution in [2.75, 3.05) is 42.6 Å². The number of alkyl halides is 2. The van der Waals surface area contributed by atoms with Crippen LogP contribution in [0.4, 0.5) is 14.5 Å². The van der Waals surface area contributed by atoms with Crippen LogP contribution in [0.5, 0.6) is 0 Å². The Morgan fingerprint density at radius 1 is 1.23 bits per heavy atom. The minimum Gasteiger partial charge on any atom is -0.367 e. The highest BCUT2D eigenvalue weighted by atomic mass is 32.2. The highest BCUT2D eigenvalue weighted by Crippen LogP contribution is 2.32. The van der Waals surface area contributed by atoms with Crippen molar-refractivity contribution >= 4 is 15.5 Å². The summed E-state index contributed by atoms with van der Waals surface area (Å²) in [7, 11) is -3.04. The number of halogens is 2. The summed E-state index contributed by atoms with van der Waals surface area (Å²) < 4.78 is 51.2. The van der Waals surface area contributed by atoms with Gasteiger partial charge in [-0.3, -0.25) is 4.68 Å². The van der Waals surface area contributed by atoms with Crippen LogP contribution < -0.4 is 10.2 Å². The molecule has 0 aromatic carbocycles. The maximum Gasteiger partial charge on any atom is 0.284 e. The van der Waals surface area contributed by atoms with Gasteiger partial charge in [0.25, 0.3) is 6.43 Å². The van der Waals surface area contributed by atoms with Gasteiger partial charge in [0, 0.05) is 19.3 Å². The van der Waals surface area contributed by atoms with Crippen LogP contribution in [0.1, 0.15) is 31.0 Å². The van der Waals surface area contributed by atoms with E-state index in [1.807, 2.05) is 0 Å². The van der Waals surface area contributed by atoms with Crippen LogP contribution in [-0.2, 0) is 9.84 Å². The second-order valence-electron chi connectivity index (χ2n) is 5.80. The fourth-order valence-corrected chi connectivity index (χ4v) is 4.21. The SMILES string of the molecule is O=S1(=O)CCN(c2cn(C3CCNCC3)nc2C(F)F)CC1. The van der Waals surface area contributed by atoms with Gasteiger partial charge in [-0.1, -0.05) is 0 Å². The maximum absolute atomic E-state index is 13.3. The van der Waals surface area contributed by atoms with E-state index in [0.717, 1.165) is 25.9 Å². The van der Waals surface area contributed by atoms with E-state index < -0.39 is 16.3 Å². The number of piperidine rings is 1. The molecule has 3 heterocycles. The highest BCUT2D eigenvalue weighted by molar-refractivity contribution is 7.91. The standard InChI is InChI=1S/C13H20F2N4O2S/c14-13(15)12-11(18-5-7-22(20,21)8-6-18)9-19(17-12)10-1-3-16-4-2-10/h9-10,13,16H,1-8H2. The predicted molar refractivity (Wildman–Crippen MR) is 79.2 cm³/mol. The van der Waals surface area contributed by atoms with Crippen molar-refractivity contribution in [1.29, 1.82) is 0 Å². The number of nitrogens with one attached hydrogen (secondary N) is 1. The molecule has 1 aromatic rings. The van der Waals surface area contributed by atoms with Gasteiger partial charge in [0.15, 0.2) is 15.5 Å². The Labute approximate surface area is 128 Å². The first-order chi connectivity index (χ1) is 10.5. The van der Waals surface area contributed by atoms with Gasteiger partial charge in [0.1, 0.15) is 0 Å². The van der Waals surface area contributed by atoms with Crippen LogP contribution >= 0.6 is 0 Å². The molecule has 0 amide bonds. The normalized spacial score (nSPS) is 23.1. The summed E-state index contributed by atoms with van der Waals surface area (Å²) in [6.45, 7) is 2.21. The van der Waals surface area contributed by atoms with E-state index in [1.165, 1.54) is 0 Å². The topological polar surface area (TPSA) is 67.2 Å². The second-order valence-corrected chi connectivity index (χ2v) is 8.10. The number of hydrogen-bond donors (Lipinski definition) is 1. The molecule has 124 valence electrons. The van der Waals surface area contributed by atoms with Gasteiger partial charge in [-0.05, 0) is 25.9 Å². The Kier molecular flexibility index (Phi) is 4.35. The molecule has 1 N–H and O–H groups in total. The molecule has 2 fully saturated rings. The Bertz CT molecular complexity index is 612. The van der Waals surface area contributed by atoms with Gasteiger partial charge < -0.3 is 10.2 Å². The summed E-state index contributed by atoms with van der Waals surface area (Å²) in [6, 6.07) is 0.126. The molecular formula is C13H20F2N4O2S. The van der Waals surface area contributed by atoms with Crippen LogP contribution in [-0.4, -0.2) is 55.9 Å².